The fourth-order valence-electron chi connectivity index (χ4n) is 2.93. The Morgan fingerprint density at radius 1 is 1.38 bits per heavy atom. The van der Waals surface area contributed by atoms with Crippen LogP contribution >= 0.6 is 11.3 Å². The normalized spacial score (nSPS) is 25.2. The lowest BCUT2D eigenvalue weighted by Crippen LogP contribution is -2.56. The first-order chi connectivity index (χ1) is 12.3. The maximum Gasteiger partial charge on any atom is 0.417 e. The third-order valence-corrected chi connectivity index (χ3v) is 5.48. The Hall–Kier alpha value is -1.59. The van der Waals surface area contributed by atoms with E-state index < -0.39 is 17.8 Å². The van der Waals surface area contributed by atoms with E-state index in [-0.39, 0.29) is 24.7 Å². The summed E-state index contributed by atoms with van der Waals surface area (Å²) in [6, 6.07) is 0.655. The second-order valence-electron chi connectivity index (χ2n) is 6.30. The largest absolute Gasteiger partial charge is 0.417 e. The highest BCUT2D eigenvalue weighted by Gasteiger charge is 2.34. The zero-order chi connectivity index (χ0) is 18.7. The number of thiophene rings is 1. The van der Waals surface area contributed by atoms with Crippen LogP contribution < -0.4 is 16.4 Å². The number of nitrogens with one attached hydrogen (secondary N) is 2. The number of halogens is 3. The summed E-state index contributed by atoms with van der Waals surface area (Å²) in [4.78, 5) is 8.36. The molecule has 1 saturated heterocycles. The number of aliphatic hydroxyl groups excluding tert-OH is 1. The molecule has 0 spiro atoms. The minimum Gasteiger partial charge on any atom is -0.387 e. The summed E-state index contributed by atoms with van der Waals surface area (Å²) in [5.74, 6) is 0. The van der Waals surface area contributed by atoms with Crippen molar-refractivity contribution in [1.82, 2.24) is 20.6 Å². The summed E-state index contributed by atoms with van der Waals surface area (Å²) >= 11 is 1.09. The molecule has 2 aromatic rings. The number of rotatable bonds is 5. The Morgan fingerprint density at radius 2 is 2.12 bits per heavy atom. The molecule has 1 fully saturated rings. The van der Waals surface area contributed by atoms with Gasteiger partial charge in [0.25, 0.3) is 0 Å². The number of aromatic nitrogens is 2. The van der Waals surface area contributed by atoms with Gasteiger partial charge in [-0.3, -0.25) is 0 Å². The highest BCUT2D eigenvalue weighted by Crippen LogP contribution is 2.36. The third-order valence-electron chi connectivity index (χ3n) is 4.44. The van der Waals surface area contributed by atoms with Gasteiger partial charge in [-0.1, -0.05) is 0 Å². The number of piperidine rings is 1. The van der Waals surface area contributed by atoms with E-state index in [1.165, 1.54) is 24.8 Å². The van der Waals surface area contributed by atoms with E-state index in [0.717, 1.165) is 16.7 Å². The maximum atomic E-state index is 12.8. The molecule has 1 aliphatic rings. The number of nitrogens with zero attached hydrogens (tertiary/aromatic N) is 2. The van der Waals surface area contributed by atoms with Crippen LogP contribution in [0.2, 0.25) is 0 Å². The van der Waals surface area contributed by atoms with Gasteiger partial charge in [0.2, 0.25) is 0 Å². The SMILES string of the molecule is NC1CNC(c2cc(C(F)(F)F)cs2)CC1NCC(O)c1cncnc1. The Morgan fingerprint density at radius 3 is 2.77 bits per heavy atom. The summed E-state index contributed by atoms with van der Waals surface area (Å²) < 4.78 is 38.4. The molecule has 0 aliphatic carbocycles. The van der Waals surface area contributed by atoms with Gasteiger partial charge in [-0.25, -0.2) is 9.97 Å². The minimum atomic E-state index is -4.33. The molecular formula is C16H20F3N5OS. The average molecular weight is 387 g/mol. The number of hydrogen-bond acceptors (Lipinski definition) is 7. The van der Waals surface area contributed by atoms with Crippen molar-refractivity contribution in [3.8, 4) is 0 Å². The van der Waals surface area contributed by atoms with Gasteiger partial charge >= 0.3 is 6.18 Å². The highest BCUT2D eigenvalue weighted by molar-refractivity contribution is 7.10. The predicted molar refractivity (Wildman–Crippen MR) is 91.4 cm³/mol. The Labute approximate surface area is 152 Å². The molecule has 0 radical (unpaired) electrons. The lowest BCUT2D eigenvalue weighted by Gasteiger charge is -2.35. The average Bonchev–Trinajstić information content (AvgIpc) is 3.12. The van der Waals surface area contributed by atoms with Crippen LogP contribution in [-0.2, 0) is 6.18 Å². The van der Waals surface area contributed by atoms with Gasteiger partial charge in [-0.15, -0.1) is 11.3 Å². The van der Waals surface area contributed by atoms with Crippen molar-refractivity contribution in [2.45, 2.75) is 36.8 Å². The van der Waals surface area contributed by atoms with Crippen molar-refractivity contribution in [1.29, 1.82) is 0 Å². The van der Waals surface area contributed by atoms with Crippen molar-refractivity contribution in [2.24, 2.45) is 5.73 Å². The van der Waals surface area contributed by atoms with Crippen LogP contribution in [0, 0.1) is 0 Å². The van der Waals surface area contributed by atoms with Gasteiger partial charge < -0.3 is 21.5 Å². The molecule has 142 valence electrons. The minimum absolute atomic E-state index is 0.128. The Bertz CT molecular complexity index is 711. The lowest BCUT2D eigenvalue weighted by molar-refractivity contribution is -0.137. The highest BCUT2D eigenvalue weighted by atomic mass is 32.1. The van der Waals surface area contributed by atoms with E-state index in [1.807, 2.05) is 0 Å². The molecule has 26 heavy (non-hydrogen) atoms. The molecule has 10 heteroatoms. The molecule has 4 unspecified atom stereocenters. The summed E-state index contributed by atoms with van der Waals surface area (Å²) in [6.07, 6.45) is -0.122. The zero-order valence-electron chi connectivity index (χ0n) is 13.8. The second kappa shape index (κ2) is 7.97. The number of aliphatic hydroxyl groups is 1. The van der Waals surface area contributed by atoms with Crippen LogP contribution in [0.15, 0.2) is 30.2 Å². The van der Waals surface area contributed by atoms with Gasteiger partial charge in [0, 0.05) is 59.4 Å². The molecule has 0 saturated carbocycles. The molecular weight excluding hydrogens is 367 g/mol. The molecule has 5 N–H and O–H groups in total. The molecule has 3 rings (SSSR count). The van der Waals surface area contributed by atoms with Crippen LogP contribution in [0.5, 0.6) is 0 Å². The molecule has 4 atom stereocenters. The summed E-state index contributed by atoms with van der Waals surface area (Å²) in [6.45, 7) is 0.739. The van der Waals surface area contributed by atoms with Gasteiger partial charge in [-0.05, 0) is 12.5 Å². The zero-order valence-corrected chi connectivity index (χ0v) is 14.6. The molecule has 2 aromatic heterocycles. The molecule has 0 aromatic carbocycles. The van der Waals surface area contributed by atoms with Crippen molar-refractivity contribution >= 4 is 11.3 Å². The number of hydrogen-bond donors (Lipinski definition) is 4. The quantitative estimate of drug-likeness (QED) is 0.623. The first kappa shape index (κ1) is 19.2. The van der Waals surface area contributed by atoms with E-state index in [1.54, 1.807) is 0 Å². The standard InChI is InChI=1S/C16H20F3N5OS/c17-16(18,19)10-1-15(26-7-10)13-2-12(11(20)5-23-13)24-6-14(25)9-3-21-8-22-4-9/h1,3-4,7-8,11-14,23-25H,2,5-6,20H2. The van der Waals surface area contributed by atoms with Gasteiger partial charge in [-0.2, -0.15) is 13.2 Å². The van der Waals surface area contributed by atoms with E-state index in [9.17, 15) is 18.3 Å². The van der Waals surface area contributed by atoms with Crippen LogP contribution in [-0.4, -0.2) is 40.2 Å². The van der Waals surface area contributed by atoms with Crippen LogP contribution in [0.1, 0.15) is 34.6 Å². The van der Waals surface area contributed by atoms with Crippen molar-refractivity contribution in [2.75, 3.05) is 13.1 Å². The van der Waals surface area contributed by atoms with Crippen LogP contribution in [0.25, 0.3) is 0 Å². The first-order valence-corrected chi connectivity index (χ1v) is 9.03. The summed E-state index contributed by atoms with van der Waals surface area (Å²) in [7, 11) is 0. The Balaban J connectivity index is 1.60. The fraction of sp³-hybridized carbons (Fsp3) is 0.500. The summed E-state index contributed by atoms with van der Waals surface area (Å²) in [5, 5.41) is 17.7. The second-order valence-corrected chi connectivity index (χ2v) is 7.24. The van der Waals surface area contributed by atoms with Crippen molar-refractivity contribution in [3.63, 3.8) is 0 Å². The van der Waals surface area contributed by atoms with E-state index in [2.05, 4.69) is 20.6 Å². The Kier molecular flexibility index (Phi) is 5.88. The van der Waals surface area contributed by atoms with E-state index in [4.69, 9.17) is 5.73 Å². The first-order valence-electron chi connectivity index (χ1n) is 8.15. The van der Waals surface area contributed by atoms with Gasteiger partial charge in [0.1, 0.15) is 6.33 Å². The summed E-state index contributed by atoms with van der Waals surface area (Å²) in [5.41, 5.74) is 6.07. The van der Waals surface area contributed by atoms with Crippen molar-refractivity contribution < 1.29 is 18.3 Å². The molecule has 0 amide bonds. The maximum absolute atomic E-state index is 12.8. The topological polar surface area (TPSA) is 96.1 Å². The van der Waals surface area contributed by atoms with E-state index >= 15 is 0 Å². The molecule has 3 heterocycles. The monoisotopic (exact) mass is 387 g/mol. The molecule has 0 bridgehead atoms. The van der Waals surface area contributed by atoms with Crippen molar-refractivity contribution in [3.05, 3.63) is 46.2 Å². The molecule has 6 nitrogen and oxygen atoms in total. The van der Waals surface area contributed by atoms with E-state index in [0.29, 0.717) is 23.4 Å². The third kappa shape index (κ3) is 4.57. The van der Waals surface area contributed by atoms with Crippen LogP contribution in [0.4, 0.5) is 13.2 Å². The van der Waals surface area contributed by atoms with Gasteiger partial charge in [0.05, 0.1) is 11.7 Å². The fourth-order valence-corrected chi connectivity index (χ4v) is 3.94. The number of alkyl halides is 3. The molecule has 1 aliphatic heterocycles. The predicted octanol–water partition coefficient (Wildman–Crippen LogP) is 1.61. The van der Waals surface area contributed by atoms with Gasteiger partial charge in [0.15, 0.2) is 0 Å². The van der Waals surface area contributed by atoms with Crippen LogP contribution in [0.3, 0.4) is 0 Å². The smallest absolute Gasteiger partial charge is 0.387 e. The number of nitrogens with two attached hydrogens (primary N) is 1. The lowest BCUT2D eigenvalue weighted by atomic mass is 9.94.